The van der Waals surface area contributed by atoms with Crippen LogP contribution in [-0.4, -0.2) is 26.6 Å². The molecule has 24 heavy (non-hydrogen) atoms. The molecule has 0 amide bonds. The van der Waals surface area contributed by atoms with Gasteiger partial charge in [0.05, 0.1) is 39.0 Å². The standard InChI is InChI=1S/C19H17N3O2/c1-11(19(12(2)23)13(3)24)20-14-8-9-17-18(10-14)22-16-7-5-4-6-15(16)21-17/h4-10,23H,1-3H3/b19-12+,20-11?. The van der Waals surface area contributed by atoms with E-state index >= 15 is 0 Å². The Morgan fingerprint density at radius 3 is 2.08 bits per heavy atom. The van der Waals surface area contributed by atoms with Crippen molar-refractivity contribution < 1.29 is 9.90 Å². The molecule has 0 aliphatic carbocycles. The molecule has 0 spiro atoms. The van der Waals surface area contributed by atoms with E-state index in [9.17, 15) is 9.90 Å². The summed E-state index contributed by atoms with van der Waals surface area (Å²) in [6.45, 7) is 4.59. The summed E-state index contributed by atoms with van der Waals surface area (Å²) in [6.07, 6.45) is 0. The summed E-state index contributed by atoms with van der Waals surface area (Å²) in [5, 5.41) is 9.68. The van der Waals surface area contributed by atoms with E-state index in [2.05, 4.69) is 15.0 Å². The van der Waals surface area contributed by atoms with E-state index in [1.165, 1.54) is 13.8 Å². The fourth-order valence-electron chi connectivity index (χ4n) is 2.70. The molecule has 2 aromatic carbocycles. The summed E-state index contributed by atoms with van der Waals surface area (Å²) in [5.41, 5.74) is 4.54. The van der Waals surface area contributed by atoms with Gasteiger partial charge in [0.2, 0.25) is 0 Å². The third-order valence-electron chi connectivity index (χ3n) is 3.70. The van der Waals surface area contributed by atoms with Gasteiger partial charge in [-0.15, -0.1) is 0 Å². The van der Waals surface area contributed by atoms with Crippen LogP contribution in [0.4, 0.5) is 5.69 Å². The first kappa shape index (κ1) is 15.8. The van der Waals surface area contributed by atoms with E-state index in [1.807, 2.05) is 42.5 Å². The van der Waals surface area contributed by atoms with Crippen LogP contribution in [-0.2, 0) is 4.79 Å². The Kier molecular flexibility index (Phi) is 4.08. The molecule has 0 atom stereocenters. The Labute approximate surface area is 139 Å². The van der Waals surface area contributed by atoms with Gasteiger partial charge in [-0.3, -0.25) is 9.79 Å². The Hall–Kier alpha value is -3.08. The van der Waals surface area contributed by atoms with Gasteiger partial charge in [0.25, 0.3) is 0 Å². The van der Waals surface area contributed by atoms with Gasteiger partial charge in [-0.2, -0.15) is 0 Å². The largest absolute Gasteiger partial charge is 0.512 e. The van der Waals surface area contributed by atoms with E-state index in [1.54, 1.807) is 6.92 Å². The van der Waals surface area contributed by atoms with Crippen molar-refractivity contribution in [1.82, 2.24) is 9.97 Å². The first-order valence-corrected chi connectivity index (χ1v) is 7.58. The number of aromatic nitrogens is 2. The van der Waals surface area contributed by atoms with E-state index in [4.69, 9.17) is 0 Å². The van der Waals surface area contributed by atoms with Gasteiger partial charge in [0, 0.05) is 0 Å². The molecule has 120 valence electrons. The normalized spacial score (nSPS) is 13.2. The number of Topliss-reactive ketones (excluding diaryl/α,β-unsaturated/α-hetero) is 1. The lowest BCUT2D eigenvalue weighted by atomic mass is 10.1. The fourth-order valence-corrected chi connectivity index (χ4v) is 2.70. The number of aliphatic imine (C=N–C) groups is 1. The van der Waals surface area contributed by atoms with Crippen LogP contribution in [0.5, 0.6) is 0 Å². The summed E-state index contributed by atoms with van der Waals surface area (Å²) < 4.78 is 0. The third kappa shape index (κ3) is 3.01. The average Bonchev–Trinajstić information content (AvgIpc) is 2.52. The first-order chi connectivity index (χ1) is 11.5. The molecule has 0 bridgehead atoms. The van der Waals surface area contributed by atoms with Crippen molar-refractivity contribution in [3.05, 3.63) is 53.8 Å². The monoisotopic (exact) mass is 319 g/mol. The molecule has 3 rings (SSSR count). The molecule has 0 radical (unpaired) electrons. The minimum atomic E-state index is -0.220. The maximum atomic E-state index is 11.7. The quantitative estimate of drug-likeness (QED) is 0.338. The van der Waals surface area contributed by atoms with Crippen molar-refractivity contribution in [2.75, 3.05) is 0 Å². The topological polar surface area (TPSA) is 75.4 Å². The second kappa shape index (κ2) is 6.20. The molecule has 1 heterocycles. The van der Waals surface area contributed by atoms with Gasteiger partial charge in [-0.1, -0.05) is 12.1 Å². The highest BCUT2D eigenvalue weighted by atomic mass is 16.3. The first-order valence-electron chi connectivity index (χ1n) is 7.58. The highest BCUT2D eigenvalue weighted by Gasteiger charge is 2.12. The van der Waals surface area contributed by atoms with Gasteiger partial charge < -0.3 is 5.11 Å². The van der Waals surface area contributed by atoms with Crippen LogP contribution in [0.1, 0.15) is 20.8 Å². The van der Waals surface area contributed by atoms with Gasteiger partial charge in [-0.25, -0.2) is 9.97 Å². The minimum absolute atomic E-state index is 0.0321. The van der Waals surface area contributed by atoms with Gasteiger partial charge in [-0.05, 0) is 51.1 Å². The van der Waals surface area contributed by atoms with Crippen molar-refractivity contribution in [1.29, 1.82) is 0 Å². The number of para-hydroxylation sites is 2. The van der Waals surface area contributed by atoms with Crippen molar-refractivity contribution in [2.45, 2.75) is 20.8 Å². The minimum Gasteiger partial charge on any atom is -0.512 e. The van der Waals surface area contributed by atoms with E-state index in [-0.39, 0.29) is 17.1 Å². The second-order valence-corrected chi connectivity index (χ2v) is 5.60. The number of hydrogen-bond donors (Lipinski definition) is 1. The maximum absolute atomic E-state index is 11.7. The number of aliphatic hydroxyl groups excluding tert-OH is 1. The number of ketones is 1. The van der Waals surface area contributed by atoms with Crippen molar-refractivity contribution >= 4 is 39.2 Å². The zero-order valence-electron chi connectivity index (χ0n) is 13.7. The lowest BCUT2D eigenvalue weighted by Gasteiger charge is -2.06. The third-order valence-corrected chi connectivity index (χ3v) is 3.70. The predicted octanol–water partition coefficient (Wildman–Crippen LogP) is 4.30. The lowest BCUT2D eigenvalue weighted by molar-refractivity contribution is -0.113. The Balaban J connectivity index is 2.10. The molecule has 0 aliphatic rings. The number of carbonyl (C=O) groups excluding carboxylic acids is 1. The molecule has 0 unspecified atom stereocenters. The predicted molar refractivity (Wildman–Crippen MR) is 95.8 cm³/mol. The van der Waals surface area contributed by atoms with Crippen molar-refractivity contribution in [2.24, 2.45) is 4.99 Å². The lowest BCUT2D eigenvalue weighted by Crippen LogP contribution is -2.09. The summed E-state index contributed by atoms with van der Waals surface area (Å²) in [7, 11) is 0. The molecule has 0 saturated heterocycles. The van der Waals surface area contributed by atoms with E-state index in [0.29, 0.717) is 11.4 Å². The Morgan fingerprint density at radius 2 is 1.50 bits per heavy atom. The number of fused-ring (bicyclic) bond motifs is 2. The van der Waals surface area contributed by atoms with Crippen LogP contribution in [0, 0.1) is 0 Å². The van der Waals surface area contributed by atoms with Crippen LogP contribution in [0.2, 0.25) is 0 Å². The number of rotatable bonds is 3. The second-order valence-electron chi connectivity index (χ2n) is 5.60. The van der Waals surface area contributed by atoms with Gasteiger partial charge in [0.1, 0.15) is 5.76 Å². The number of benzene rings is 2. The van der Waals surface area contributed by atoms with Crippen LogP contribution < -0.4 is 0 Å². The Morgan fingerprint density at radius 1 is 0.917 bits per heavy atom. The molecule has 1 aromatic heterocycles. The van der Waals surface area contributed by atoms with Crippen molar-refractivity contribution in [3.8, 4) is 0 Å². The highest BCUT2D eigenvalue weighted by molar-refractivity contribution is 6.21. The summed E-state index contributed by atoms with van der Waals surface area (Å²) in [6, 6.07) is 13.2. The van der Waals surface area contributed by atoms with Crippen molar-refractivity contribution in [3.63, 3.8) is 0 Å². The van der Waals surface area contributed by atoms with Crippen LogP contribution in [0.3, 0.4) is 0 Å². The van der Waals surface area contributed by atoms with E-state index in [0.717, 1.165) is 22.1 Å². The molecule has 0 saturated carbocycles. The highest BCUT2D eigenvalue weighted by Crippen LogP contribution is 2.22. The number of aliphatic hydroxyl groups is 1. The van der Waals surface area contributed by atoms with Gasteiger partial charge in [0.15, 0.2) is 5.78 Å². The maximum Gasteiger partial charge on any atom is 0.164 e. The van der Waals surface area contributed by atoms with Crippen LogP contribution >= 0.6 is 0 Å². The fraction of sp³-hybridized carbons (Fsp3) is 0.158. The molecule has 3 aromatic rings. The summed E-state index contributed by atoms with van der Waals surface area (Å²) in [4.78, 5) is 25.3. The molecule has 0 fully saturated rings. The molecular weight excluding hydrogens is 302 g/mol. The number of allylic oxidation sites excluding steroid dienone is 2. The zero-order valence-corrected chi connectivity index (χ0v) is 13.7. The summed E-state index contributed by atoms with van der Waals surface area (Å²) in [5.74, 6) is -0.252. The van der Waals surface area contributed by atoms with Crippen LogP contribution in [0.15, 0.2) is 58.8 Å². The van der Waals surface area contributed by atoms with E-state index < -0.39 is 0 Å². The average molecular weight is 319 g/mol. The van der Waals surface area contributed by atoms with Gasteiger partial charge >= 0.3 is 0 Å². The smallest absolute Gasteiger partial charge is 0.164 e. The number of nitrogens with zero attached hydrogens (tertiary/aromatic N) is 3. The number of carbonyl (C=O) groups is 1. The molecule has 0 aliphatic heterocycles. The molecule has 5 nitrogen and oxygen atoms in total. The Bertz CT molecular complexity index is 1020. The summed E-state index contributed by atoms with van der Waals surface area (Å²) >= 11 is 0. The van der Waals surface area contributed by atoms with Crippen LogP contribution in [0.25, 0.3) is 22.1 Å². The molecule has 5 heteroatoms. The molecular formula is C19H17N3O2. The zero-order chi connectivity index (χ0) is 17.3. The molecule has 1 N–H and O–H groups in total. The SMILES string of the molecule is CC(=O)/C(C(C)=Nc1ccc2nc3ccccc3nc2c1)=C(\C)O. The number of hydrogen-bond acceptors (Lipinski definition) is 5.